The predicted molar refractivity (Wildman–Crippen MR) is 127 cm³/mol. The van der Waals surface area contributed by atoms with E-state index in [1.165, 1.54) is 4.90 Å². The molecule has 172 valence electrons. The zero-order chi connectivity index (χ0) is 23.7. The first kappa shape index (κ1) is 21.6. The largest absolute Gasteiger partial charge is 0.491 e. The number of carbonyl (C=O) groups excluding carboxylic acids is 2. The summed E-state index contributed by atoms with van der Waals surface area (Å²) in [4.78, 5) is 28.2. The van der Waals surface area contributed by atoms with Crippen molar-refractivity contribution in [2.75, 3.05) is 12.1 Å². The molecule has 3 aromatic rings. The van der Waals surface area contributed by atoms with Gasteiger partial charge in [-0.15, -0.1) is 0 Å². The number of rotatable bonds is 7. The van der Waals surface area contributed by atoms with Crippen LogP contribution in [0.4, 0.5) is 5.69 Å². The van der Waals surface area contributed by atoms with Crippen LogP contribution in [-0.2, 0) is 16.1 Å². The second-order valence-corrected chi connectivity index (χ2v) is 8.32. The lowest BCUT2D eigenvalue weighted by Crippen LogP contribution is -2.32. The van der Waals surface area contributed by atoms with Crippen LogP contribution in [0.3, 0.4) is 0 Å². The molecule has 0 aliphatic carbocycles. The SMILES string of the molecule is CC(C)Oc1ccc(NC2=C(c3ccccc3)C(=O)N(Cc3ccc4c(c3)OCO4)C2=O)cc1. The zero-order valence-corrected chi connectivity index (χ0v) is 18.9. The van der Waals surface area contributed by atoms with E-state index in [0.717, 1.165) is 11.3 Å². The molecule has 0 atom stereocenters. The monoisotopic (exact) mass is 456 g/mol. The van der Waals surface area contributed by atoms with Gasteiger partial charge in [-0.1, -0.05) is 36.4 Å². The number of hydrogen-bond donors (Lipinski definition) is 1. The van der Waals surface area contributed by atoms with Crippen molar-refractivity contribution >= 4 is 23.1 Å². The van der Waals surface area contributed by atoms with Crippen LogP contribution >= 0.6 is 0 Å². The Morgan fingerprint density at radius 2 is 1.65 bits per heavy atom. The molecule has 2 amide bonds. The van der Waals surface area contributed by atoms with E-state index in [1.807, 2.05) is 74.5 Å². The van der Waals surface area contributed by atoms with Crippen molar-refractivity contribution in [3.05, 3.63) is 89.6 Å². The molecule has 2 heterocycles. The second kappa shape index (κ2) is 8.94. The lowest BCUT2D eigenvalue weighted by molar-refractivity contribution is -0.137. The number of fused-ring (bicyclic) bond motifs is 1. The van der Waals surface area contributed by atoms with Gasteiger partial charge in [-0.05, 0) is 61.4 Å². The van der Waals surface area contributed by atoms with Crippen molar-refractivity contribution in [2.24, 2.45) is 0 Å². The first-order valence-electron chi connectivity index (χ1n) is 11.1. The Hall–Kier alpha value is -4.26. The van der Waals surface area contributed by atoms with Crippen LogP contribution in [0.15, 0.2) is 78.5 Å². The Morgan fingerprint density at radius 1 is 0.912 bits per heavy atom. The second-order valence-electron chi connectivity index (χ2n) is 8.32. The molecule has 0 spiro atoms. The summed E-state index contributed by atoms with van der Waals surface area (Å²) in [7, 11) is 0. The number of hydrogen-bond acceptors (Lipinski definition) is 6. The number of nitrogens with one attached hydrogen (secondary N) is 1. The molecular weight excluding hydrogens is 432 g/mol. The van der Waals surface area contributed by atoms with E-state index in [-0.39, 0.29) is 37.0 Å². The van der Waals surface area contributed by atoms with Gasteiger partial charge >= 0.3 is 0 Å². The predicted octanol–water partition coefficient (Wildman–Crippen LogP) is 4.59. The van der Waals surface area contributed by atoms with Crippen molar-refractivity contribution in [1.29, 1.82) is 0 Å². The summed E-state index contributed by atoms with van der Waals surface area (Å²) < 4.78 is 16.5. The fraction of sp³-hybridized carbons (Fsp3) is 0.185. The third-order valence-electron chi connectivity index (χ3n) is 5.50. The molecule has 7 nitrogen and oxygen atoms in total. The fourth-order valence-corrected chi connectivity index (χ4v) is 3.96. The van der Waals surface area contributed by atoms with Crippen molar-refractivity contribution in [3.8, 4) is 17.2 Å². The number of ether oxygens (including phenoxy) is 3. The average Bonchev–Trinajstić information content (AvgIpc) is 3.39. The highest BCUT2D eigenvalue weighted by Crippen LogP contribution is 2.35. The van der Waals surface area contributed by atoms with Crippen molar-refractivity contribution in [1.82, 2.24) is 4.90 Å². The smallest absolute Gasteiger partial charge is 0.278 e. The third kappa shape index (κ3) is 4.20. The van der Waals surface area contributed by atoms with E-state index in [0.29, 0.717) is 28.3 Å². The maximum atomic E-state index is 13.5. The number of anilines is 1. The lowest BCUT2D eigenvalue weighted by Gasteiger charge is -2.16. The van der Waals surface area contributed by atoms with E-state index in [9.17, 15) is 9.59 Å². The van der Waals surface area contributed by atoms with Crippen molar-refractivity contribution in [2.45, 2.75) is 26.5 Å². The summed E-state index contributed by atoms with van der Waals surface area (Å²) in [5.74, 6) is 1.25. The molecule has 2 aliphatic rings. The molecule has 0 radical (unpaired) electrons. The zero-order valence-electron chi connectivity index (χ0n) is 18.9. The van der Waals surface area contributed by atoms with Crippen LogP contribution in [0.25, 0.3) is 5.57 Å². The minimum absolute atomic E-state index is 0.0602. The lowest BCUT2D eigenvalue weighted by atomic mass is 10.0. The number of benzene rings is 3. The van der Waals surface area contributed by atoms with Gasteiger partial charge in [-0.3, -0.25) is 14.5 Å². The van der Waals surface area contributed by atoms with Gasteiger partial charge in [0.05, 0.1) is 18.2 Å². The Labute approximate surface area is 197 Å². The summed E-state index contributed by atoms with van der Waals surface area (Å²) >= 11 is 0. The highest BCUT2D eigenvalue weighted by atomic mass is 16.7. The quantitative estimate of drug-likeness (QED) is 0.524. The third-order valence-corrected chi connectivity index (χ3v) is 5.50. The average molecular weight is 456 g/mol. The van der Waals surface area contributed by atoms with Gasteiger partial charge in [0.1, 0.15) is 11.4 Å². The molecule has 34 heavy (non-hydrogen) atoms. The number of carbonyl (C=O) groups is 2. The Kier molecular flexibility index (Phi) is 5.67. The fourth-order valence-electron chi connectivity index (χ4n) is 3.96. The molecule has 0 aromatic heterocycles. The van der Waals surface area contributed by atoms with Crippen molar-refractivity contribution in [3.63, 3.8) is 0 Å². The summed E-state index contributed by atoms with van der Waals surface area (Å²) in [5.41, 5.74) is 2.72. The van der Waals surface area contributed by atoms with Crippen molar-refractivity contribution < 1.29 is 23.8 Å². The van der Waals surface area contributed by atoms with Crippen LogP contribution in [-0.4, -0.2) is 29.6 Å². The first-order chi connectivity index (χ1) is 16.5. The number of imide groups is 1. The molecule has 0 bridgehead atoms. The molecule has 0 saturated heterocycles. The van der Waals surface area contributed by atoms with Gasteiger partial charge in [-0.25, -0.2) is 0 Å². The Morgan fingerprint density at radius 3 is 2.38 bits per heavy atom. The standard InChI is InChI=1S/C27H24N2O5/c1-17(2)34-21-11-9-20(10-12-21)28-25-24(19-6-4-3-5-7-19)26(30)29(27(25)31)15-18-8-13-22-23(14-18)33-16-32-22/h3-14,17,28H,15-16H2,1-2H3. The summed E-state index contributed by atoms with van der Waals surface area (Å²) in [5, 5.41) is 3.17. The maximum absolute atomic E-state index is 13.5. The highest BCUT2D eigenvalue weighted by Gasteiger charge is 2.39. The Balaban J connectivity index is 1.45. The van der Waals surface area contributed by atoms with Gasteiger partial charge in [0.25, 0.3) is 11.8 Å². The van der Waals surface area contributed by atoms with Gasteiger partial charge in [0, 0.05) is 5.69 Å². The van der Waals surface area contributed by atoms with E-state index >= 15 is 0 Å². The minimum Gasteiger partial charge on any atom is -0.491 e. The number of amides is 2. The van der Waals surface area contributed by atoms with Gasteiger partial charge in [0.2, 0.25) is 6.79 Å². The van der Waals surface area contributed by atoms with Crippen LogP contribution in [0.2, 0.25) is 0 Å². The Bertz CT molecular complexity index is 1270. The van der Waals surface area contributed by atoms with E-state index < -0.39 is 0 Å². The minimum atomic E-state index is -0.385. The highest BCUT2D eigenvalue weighted by molar-refractivity contribution is 6.36. The van der Waals surface area contributed by atoms with Crippen LogP contribution in [0.5, 0.6) is 17.2 Å². The normalized spacial score (nSPS) is 14.9. The van der Waals surface area contributed by atoms with Gasteiger partial charge in [-0.2, -0.15) is 0 Å². The maximum Gasteiger partial charge on any atom is 0.278 e. The summed E-state index contributed by atoms with van der Waals surface area (Å²) in [6, 6.07) is 21.9. The molecule has 2 aliphatic heterocycles. The number of nitrogens with zero attached hydrogens (tertiary/aromatic N) is 1. The molecule has 1 N–H and O–H groups in total. The van der Waals surface area contributed by atoms with Gasteiger partial charge in [0.15, 0.2) is 11.5 Å². The van der Waals surface area contributed by atoms with Crippen LogP contribution < -0.4 is 19.5 Å². The summed E-state index contributed by atoms with van der Waals surface area (Å²) in [6.45, 7) is 4.20. The van der Waals surface area contributed by atoms with Crippen LogP contribution in [0, 0.1) is 0 Å². The molecular formula is C27H24N2O5. The molecule has 3 aromatic carbocycles. The molecule has 0 fully saturated rings. The topological polar surface area (TPSA) is 77.1 Å². The molecule has 5 rings (SSSR count). The van der Waals surface area contributed by atoms with E-state index in [1.54, 1.807) is 12.1 Å². The summed E-state index contributed by atoms with van der Waals surface area (Å²) in [6.07, 6.45) is 0.0602. The van der Waals surface area contributed by atoms with E-state index in [4.69, 9.17) is 14.2 Å². The van der Waals surface area contributed by atoms with Gasteiger partial charge < -0.3 is 19.5 Å². The van der Waals surface area contributed by atoms with E-state index in [2.05, 4.69) is 5.32 Å². The molecule has 7 heteroatoms. The molecule has 0 saturated carbocycles. The molecule has 0 unspecified atom stereocenters. The van der Waals surface area contributed by atoms with Crippen LogP contribution in [0.1, 0.15) is 25.0 Å². The first-order valence-corrected chi connectivity index (χ1v) is 11.1.